The first-order valence-corrected chi connectivity index (χ1v) is 4.48. The molecule has 0 aliphatic carbocycles. The lowest BCUT2D eigenvalue weighted by atomic mass is 10.2. The fourth-order valence-corrected chi connectivity index (χ4v) is 0.790. The van der Waals surface area contributed by atoms with Crippen LogP contribution < -0.4 is 0 Å². The molecule has 0 amide bonds. The second-order valence-corrected chi connectivity index (χ2v) is 3.08. The molecule has 15 heavy (non-hydrogen) atoms. The lowest BCUT2D eigenvalue weighted by Crippen LogP contribution is -2.09. The van der Waals surface area contributed by atoms with Crippen LogP contribution in [0.25, 0.3) is 0 Å². The van der Waals surface area contributed by atoms with Crippen molar-refractivity contribution in [3.8, 4) is 0 Å². The highest BCUT2D eigenvalue weighted by molar-refractivity contribution is 5.94. The summed E-state index contributed by atoms with van der Waals surface area (Å²) < 4.78 is 4.69. The molecule has 0 heterocycles. The molecule has 0 aromatic carbocycles. The Kier molecular flexibility index (Phi) is 6.01. The Bertz CT molecular complexity index is 290. The third kappa shape index (κ3) is 7.42. The fourth-order valence-electron chi connectivity index (χ4n) is 0.790. The van der Waals surface area contributed by atoms with Gasteiger partial charge in [-0.1, -0.05) is 6.08 Å². The Balaban J connectivity index is 3.72. The summed E-state index contributed by atoms with van der Waals surface area (Å²) in [4.78, 5) is 31.7. The first kappa shape index (κ1) is 13.4. The summed E-state index contributed by atoms with van der Waals surface area (Å²) in [6.45, 7) is 2.85. The molecule has 0 rings (SSSR count). The quantitative estimate of drug-likeness (QED) is 0.308. The first-order valence-electron chi connectivity index (χ1n) is 4.48. The van der Waals surface area contributed by atoms with E-state index in [0.717, 1.165) is 0 Å². The van der Waals surface area contributed by atoms with Crippen LogP contribution in [-0.4, -0.2) is 29.4 Å². The van der Waals surface area contributed by atoms with Crippen molar-refractivity contribution in [3.63, 3.8) is 0 Å². The predicted octanol–water partition coefficient (Wildman–Crippen LogP) is 0.930. The number of carboxylic acids is 1. The van der Waals surface area contributed by atoms with Gasteiger partial charge < -0.3 is 9.84 Å². The van der Waals surface area contributed by atoms with Gasteiger partial charge in [-0.3, -0.25) is 9.59 Å². The average molecular weight is 214 g/mol. The number of esters is 1. The molecule has 1 N–H and O–H groups in total. The van der Waals surface area contributed by atoms with E-state index < -0.39 is 11.9 Å². The van der Waals surface area contributed by atoms with E-state index in [2.05, 4.69) is 4.74 Å². The molecule has 0 aromatic rings. The molecule has 0 aliphatic rings. The Hall–Kier alpha value is -1.65. The zero-order valence-corrected chi connectivity index (χ0v) is 8.78. The molecular weight excluding hydrogens is 200 g/mol. The highest BCUT2D eigenvalue weighted by Gasteiger charge is 2.05. The monoisotopic (exact) mass is 214 g/mol. The third-order valence-electron chi connectivity index (χ3n) is 1.56. The van der Waals surface area contributed by atoms with Crippen molar-refractivity contribution in [3.05, 3.63) is 11.6 Å². The van der Waals surface area contributed by atoms with Gasteiger partial charge in [0, 0.05) is 12.0 Å². The molecule has 0 saturated carbocycles. The van der Waals surface area contributed by atoms with Crippen LogP contribution in [0, 0.1) is 0 Å². The lowest BCUT2D eigenvalue weighted by molar-refractivity contribution is -0.145. The molecular formula is C10H14O5. The molecule has 0 fully saturated rings. The number of Topliss-reactive ketones (excluding diaryl/α,β-unsaturated/α-hetero) is 1. The van der Waals surface area contributed by atoms with Gasteiger partial charge in [-0.05, 0) is 13.8 Å². The van der Waals surface area contributed by atoms with Gasteiger partial charge in [0.05, 0.1) is 6.61 Å². The second-order valence-electron chi connectivity index (χ2n) is 3.08. The van der Waals surface area contributed by atoms with Gasteiger partial charge in [0.2, 0.25) is 0 Å². The van der Waals surface area contributed by atoms with Crippen molar-refractivity contribution in [1.82, 2.24) is 0 Å². The largest absolute Gasteiger partial charge is 0.478 e. The van der Waals surface area contributed by atoms with Crippen LogP contribution in [0.4, 0.5) is 0 Å². The van der Waals surface area contributed by atoms with E-state index >= 15 is 0 Å². The Morgan fingerprint density at radius 2 is 1.87 bits per heavy atom. The summed E-state index contributed by atoms with van der Waals surface area (Å²) in [7, 11) is 0. The molecule has 5 heteroatoms. The van der Waals surface area contributed by atoms with Crippen LogP contribution in [0.15, 0.2) is 11.6 Å². The molecule has 0 spiro atoms. The molecule has 0 unspecified atom stereocenters. The molecule has 0 atom stereocenters. The number of ketones is 1. The van der Waals surface area contributed by atoms with Crippen LogP contribution >= 0.6 is 0 Å². The SMILES string of the molecule is CC(=O)CC(=O)OCC/C=C(\C)C(=O)O. The van der Waals surface area contributed by atoms with Crippen molar-refractivity contribution in [2.24, 2.45) is 0 Å². The van der Waals surface area contributed by atoms with Gasteiger partial charge in [0.25, 0.3) is 0 Å². The van der Waals surface area contributed by atoms with E-state index in [1.165, 1.54) is 19.9 Å². The van der Waals surface area contributed by atoms with Gasteiger partial charge in [-0.2, -0.15) is 0 Å². The van der Waals surface area contributed by atoms with Crippen molar-refractivity contribution in [2.75, 3.05) is 6.61 Å². The highest BCUT2D eigenvalue weighted by atomic mass is 16.5. The minimum absolute atomic E-state index is 0.0940. The summed E-state index contributed by atoms with van der Waals surface area (Å²) in [5, 5.41) is 8.49. The highest BCUT2D eigenvalue weighted by Crippen LogP contribution is 1.97. The lowest BCUT2D eigenvalue weighted by Gasteiger charge is -2.00. The molecule has 84 valence electrons. The molecule has 0 radical (unpaired) electrons. The molecule has 5 nitrogen and oxygen atoms in total. The van der Waals surface area contributed by atoms with Crippen LogP contribution in [0.5, 0.6) is 0 Å². The number of carbonyl (C=O) groups is 3. The summed E-state index contributed by atoms with van der Waals surface area (Å²) in [6, 6.07) is 0. The van der Waals surface area contributed by atoms with E-state index in [4.69, 9.17) is 5.11 Å². The molecule has 0 saturated heterocycles. The zero-order chi connectivity index (χ0) is 11.8. The Labute approximate surface area is 87.7 Å². The van der Waals surface area contributed by atoms with E-state index in [9.17, 15) is 14.4 Å². The standard InChI is InChI=1S/C10H14O5/c1-7(10(13)14)4-3-5-15-9(12)6-8(2)11/h4H,3,5-6H2,1-2H3,(H,13,14)/b7-4+. The smallest absolute Gasteiger partial charge is 0.330 e. The van der Waals surface area contributed by atoms with Gasteiger partial charge >= 0.3 is 11.9 Å². The van der Waals surface area contributed by atoms with Crippen molar-refractivity contribution in [1.29, 1.82) is 0 Å². The number of hydrogen-bond acceptors (Lipinski definition) is 4. The van der Waals surface area contributed by atoms with Crippen molar-refractivity contribution < 1.29 is 24.2 Å². The van der Waals surface area contributed by atoms with Gasteiger partial charge in [-0.15, -0.1) is 0 Å². The summed E-state index contributed by atoms with van der Waals surface area (Å²) >= 11 is 0. The van der Waals surface area contributed by atoms with Crippen LogP contribution in [0.3, 0.4) is 0 Å². The summed E-state index contributed by atoms with van der Waals surface area (Å²) in [5.74, 6) is -1.83. The number of ether oxygens (including phenoxy) is 1. The van der Waals surface area contributed by atoms with Gasteiger partial charge in [-0.25, -0.2) is 4.79 Å². The average Bonchev–Trinajstić information content (AvgIpc) is 2.10. The van der Waals surface area contributed by atoms with Gasteiger partial charge in [0.15, 0.2) is 0 Å². The minimum Gasteiger partial charge on any atom is -0.478 e. The van der Waals surface area contributed by atoms with Crippen molar-refractivity contribution in [2.45, 2.75) is 26.7 Å². The fraction of sp³-hybridized carbons (Fsp3) is 0.500. The molecule has 0 aromatic heterocycles. The second kappa shape index (κ2) is 6.75. The van der Waals surface area contributed by atoms with Crippen LogP contribution in [0.1, 0.15) is 26.7 Å². The van der Waals surface area contributed by atoms with E-state index in [1.54, 1.807) is 0 Å². The first-order chi connectivity index (χ1) is 6.93. The maximum absolute atomic E-state index is 10.9. The molecule has 0 bridgehead atoms. The maximum Gasteiger partial charge on any atom is 0.330 e. The van der Waals surface area contributed by atoms with E-state index in [1.807, 2.05) is 0 Å². The number of aliphatic carboxylic acids is 1. The number of carbonyl (C=O) groups excluding carboxylic acids is 2. The summed E-state index contributed by atoms with van der Waals surface area (Å²) in [5.41, 5.74) is 0.206. The van der Waals surface area contributed by atoms with E-state index in [-0.39, 0.29) is 24.4 Å². The third-order valence-corrected chi connectivity index (χ3v) is 1.56. The van der Waals surface area contributed by atoms with Crippen molar-refractivity contribution >= 4 is 17.7 Å². The normalized spacial score (nSPS) is 10.9. The Morgan fingerprint density at radius 1 is 1.27 bits per heavy atom. The maximum atomic E-state index is 10.9. The minimum atomic E-state index is -0.995. The van der Waals surface area contributed by atoms with Crippen LogP contribution in [0.2, 0.25) is 0 Å². The predicted molar refractivity (Wildman–Crippen MR) is 52.3 cm³/mol. The molecule has 0 aliphatic heterocycles. The van der Waals surface area contributed by atoms with Crippen LogP contribution in [-0.2, 0) is 19.1 Å². The van der Waals surface area contributed by atoms with E-state index in [0.29, 0.717) is 6.42 Å². The Morgan fingerprint density at radius 3 is 2.33 bits per heavy atom. The number of rotatable bonds is 6. The topological polar surface area (TPSA) is 80.7 Å². The zero-order valence-electron chi connectivity index (χ0n) is 8.78. The van der Waals surface area contributed by atoms with Gasteiger partial charge in [0.1, 0.15) is 12.2 Å². The number of hydrogen-bond donors (Lipinski definition) is 1. The number of carboxylic acid groups (broad SMARTS) is 1. The summed E-state index contributed by atoms with van der Waals surface area (Å²) in [6.07, 6.45) is 1.56.